The molecule has 3 aromatic rings. The molecule has 25 heavy (non-hydrogen) atoms. The molecule has 0 radical (unpaired) electrons. The summed E-state index contributed by atoms with van der Waals surface area (Å²) in [6.45, 7) is 0. The van der Waals surface area contributed by atoms with Crippen molar-refractivity contribution in [2.45, 2.75) is 31.2 Å². The first-order valence-electron chi connectivity index (χ1n) is 9.05. The first-order valence-corrected chi connectivity index (χ1v) is 9.85. The van der Waals surface area contributed by atoms with Gasteiger partial charge in [-0.2, -0.15) is 0 Å². The highest BCUT2D eigenvalue weighted by Gasteiger charge is 2.41. The number of anilines is 2. The van der Waals surface area contributed by atoms with Crippen LogP contribution in [0.15, 0.2) is 77.3 Å². The molecule has 1 nitrogen and oxygen atoms in total. The molecule has 1 heterocycles. The highest BCUT2D eigenvalue weighted by atomic mass is 79.9. The van der Waals surface area contributed by atoms with Crippen molar-refractivity contribution in [2.24, 2.45) is 0 Å². The summed E-state index contributed by atoms with van der Waals surface area (Å²) in [4.78, 5) is 2.58. The van der Waals surface area contributed by atoms with Crippen LogP contribution < -0.4 is 4.90 Å². The third-order valence-corrected chi connectivity index (χ3v) is 6.21. The molecular weight excluding hydrogens is 370 g/mol. The predicted octanol–water partition coefficient (Wildman–Crippen LogP) is 6.90. The summed E-state index contributed by atoms with van der Waals surface area (Å²) < 4.78 is 1.19. The van der Waals surface area contributed by atoms with Crippen molar-refractivity contribution in [2.75, 3.05) is 4.90 Å². The molecule has 2 heteroatoms. The standard InChI is InChI=1S/C23H20BrN/c24-18-11-14-23-21(15-18)20-7-4-8-22(20)25(23)19-12-9-17(10-13-19)16-5-2-1-3-6-16/h1-3,5-6,9-15,20,22H,4,7-8H2. The minimum Gasteiger partial charge on any atom is -0.338 e. The Balaban J connectivity index is 1.55. The van der Waals surface area contributed by atoms with Crippen molar-refractivity contribution in [3.05, 3.63) is 82.8 Å². The lowest BCUT2D eigenvalue weighted by Crippen LogP contribution is -2.26. The fourth-order valence-electron chi connectivity index (χ4n) is 4.61. The topological polar surface area (TPSA) is 3.24 Å². The lowest BCUT2D eigenvalue weighted by Gasteiger charge is -2.27. The van der Waals surface area contributed by atoms with Gasteiger partial charge in [0.15, 0.2) is 0 Å². The van der Waals surface area contributed by atoms with Crippen molar-refractivity contribution >= 4 is 27.3 Å². The summed E-state index contributed by atoms with van der Waals surface area (Å²) in [6, 6.07) is 27.1. The number of fused-ring (bicyclic) bond motifs is 3. The summed E-state index contributed by atoms with van der Waals surface area (Å²) >= 11 is 3.65. The zero-order valence-corrected chi connectivity index (χ0v) is 15.6. The van der Waals surface area contributed by atoms with E-state index in [0.29, 0.717) is 12.0 Å². The van der Waals surface area contributed by atoms with Crippen LogP contribution >= 0.6 is 15.9 Å². The van der Waals surface area contributed by atoms with E-state index in [2.05, 4.69) is 93.6 Å². The van der Waals surface area contributed by atoms with E-state index in [1.165, 1.54) is 51.8 Å². The van der Waals surface area contributed by atoms with Gasteiger partial charge in [0.2, 0.25) is 0 Å². The van der Waals surface area contributed by atoms with Gasteiger partial charge in [0, 0.05) is 27.8 Å². The first kappa shape index (κ1) is 15.2. The zero-order chi connectivity index (χ0) is 16.8. The van der Waals surface area contributed by atoms with Crippen LogP contribution in [-0.4, -0.2) is 6.04 Å². The number of hydrogen-bond acceptors (Lipinski definition) is 1. The Kier molecular flexibility index (Phi) is 3.67. The summed E-state index contributed by atoms with van der Waals surface area (Å²) in [5.74, 6) is 0.682. The van der Waals surface area contributed by atoms with Crippen molar-refractivity contribution < 1.29 is 0 Å². The van der Waals surface area contributed by atoms with Gasteiger partial charge in [-0.3, -0.25) is 0 Å². The van der Waals surface area contributed by atoms with Crippen molar-refractivity contribution in [1.82, 2.24) is 0 Å². The van der Waals surface area contributed by atoms with Gasteiger partial charge in [-0.1, -0.05) is 64.8 Å². The molecule has 0 aromatic heterocycles. The summed E-state index contributed by atoms with van der Waals surface area (Å²) in [7, 11) is 0. The normalized spacial score (nSPS) is 21.2. The van der Waals surface area contributed by atoms with Gasteiger partial charge in [0.25, 0.3) is 0 Å². The molecule has 1 aliphatic heterocycles. The summed E-state index contributed by atoms with van der Waals surface area (Å²) in [5, 5.41) is 0. The van der Waals surface area contributed by atoms with Gasteiger partial charge >= 0.3 is 0 Å². The smallest absolute Gasteiger partial charge is 0.0450 e. The monoisotopic (exact) mass is 389 g/mol. The minimum atomic E-state index is 0.617. The van der Waals surface area contributed by atoms with Gasteiger partial charge in [0.05, 0.1) is 0 Å². The van der Waals surface area contributed by atoms with E-state index < -0.39 is 0 Å². The van der Waals surface area contributed by atoms with Gasteiger partial charge < -0.3 is 4.90 Å². The Bertz CT molecular complexity index is 901. The highest BCUT2D eigenvalue weighted by molar-refractivity contribution is 9.10. The van der Waals surface area contributed by atoms with Crippen LogP contribution in [0.2, 0.25) is 0 Å². The Labute approximate surface area is 157 Å². The van der Waals surface area contributed by atoms with E-state index >= 15 is 0 Å². The molecule has 1 fully saturated rings. The van der Waals surface area contributed by atoms with Crippen LogP contribution in [0.4, 0.5) is 11.4 Å². The summed E-state index contributed by atoms with van der Waals surface area (Å²) in [6.07, 6.45) is 3.93. The number of hydrogen-bond donors (Lipinski definition) is 0. The average molecular weight is 390 g/mol. The fourth-order valence-corrected chi connectivity index (χ4v) is 4.99. The average Bonchev–Trinajstić information content (AvgIpc) is 3.24. The van der Waals surface area contributed by atoms with E-state index in [9.17, 15) is 0 Å². The zero-order valence-electron chi connectivity index (χ0n) is 14.0. The van der Waals surface area contributed by atoms with Gasteiger partial charge in [-0.25, -0.2) is 0 Å². The molecular formula is C23H20BrN. The Morgan fingerprint density at radius 3 is 2.36 bits per heavy atom. The van der Waals surface area contributed by atoms with Crippen molar-refractivity contribution in [1.29, 1.82) is 0 Å². The Morgan fingerprint density at radius 2 is 1.56 bits per heavy atom. The quantitative estimate of drug-likeness (QED) is 0.460. The second-order valence-corrected chi connectivity index (χ2v) is 8.01. The molecule has 124 valence electrons. The molecule has 2 unspecified atom stereocenters. The van der Waals surface area contributed by atoms with E-state index in [4.69, 9.17) is 0 Å². The second-order valence-electron chi connectivity index (χ2n) is 7.09. The SMILES string of the molecule is Brc1ccc2c(c1)C1CCCC1N2c1ccc(-c2ccccc2)cc1. The van der Waals surface area contributed by atoms with Gasteiger partial charge in [0.1, 0.15) is 0 Å². The molecule has 5 rings (SSSR count). The maximum Gasteiger partial charge on any atom is 0.0450 e. The van der Waals surface area contributed by atoms with Crippen LogP contribution in [0.1, 0.15) is 30.7 Å². The first-order chi connectivity index (χ1) is 12.3. The predicted molar refractivity (Wildman–Crippen MR) is 109 cm³/mol. The van der Waals surface area contributed by atoms with Crippen LogP contribution in [0, 0.1) is 0 Å². The number of nitrogens with zero attached hydrogens (tertiary/aromatic N) is 1. The molecule has 2 atom stereocenters. The third kappa shape index (κ3) is 2.51. The Hall–Kier alpha value is -2.06. The minimum absolute atomic E-state index is 0.617. The van der Waals surface area contributed by atoms with E-state index in [-0.39, 0.29) is 0 Å². The third-order valence-electron chi connectivity index (χ3n) is 5.71. The molecule has 0 spiro atoms. The van der Waals surface area contributed by atoms with Crippen LogP contribution in [0.5, 0.6) is 0 Å². The highest BCUT2D eigenvalue weighted by Crippen LogP contribution is 2.52. The van der Waals surface area contributed by atoms with Crippen LogP contribution in [-0.2, 0) is 0 Å². The van der Waals surface area contributed by atoms with Crippen molar-refractivity contribution in [3.63, 3.8) is 0 Å². The molecule has 0 N–H and O–H groups in total. The van der Waals surface area contributed by atoms with Gasteiger partial charge in [-0.05, 0) is 59.9 Å². The summed E-state index contributed by atoms with van der Waals surface area (Å²) in [5.41, 5.74) is 6.79. The molecule has 0 amide bonds. The molecule has 1 saturated carbocycles. The van der Waals surface area contributed by atoms with E-state index in [1.807, 2.05) is 0 Å². The number of rotatable bonds is 2. The number of halogens is 1. The maximum atomic E-state index is 3.65. The fraction of sp³-hybridized carbons (Fsp3) is 0.217. The Morgan fingerprint density at radius 1 is 0.800 bits per heavy atom. The molecule has 0 saturated heterocycles. The largest absolute Gasteiger partial charge is 0.338 e. The lowest BCUT2D eigenvalue weighted by molar-refractivity contribution is 0.642. The van der Waals surface area contributed by atoms with Crippen LogP contribution in [0.3, 0.4) is 0 Å². The lowest BCUT2D eigenvalue weighted by atomic mass is 9.98. The van der Waals surface area contributed by atoms with Crippen LogP contribution in [0.25, 0.3) is 11.1 Å². The van der Waals surface area contributed by atoms with Gasteiger partial charge in [-0.15, -0.1) is 0 Å². The molecule has 1 aliphatic carbocycles. The van der Waals surface area contributed by atoms with Crippen molar-refractivity contribution in [3.8, 4) is 11.1 Å². The van der Waals surface area contributed by atoms with E-state index in [0.717, 1.165) is 0 Å². The molecule has 0 bridgehead atoms. The molecule has 3 aromatic carbocycles. The second kappa shape index (κ2) is 6.03. The van der Waals surface area contributed by atoms with E-state index in [1.54, 1.807) is 0 Å². The maximum absolute atomic E-state index is 3.65. The molecule has 2 aliphatic rings. The number of benzene rings is 3.